The maximum Gasteiger partial charge on any atom is 0.315 e. The number of carbonyl (C=O) groups excluding carboxylic acids is 1. The summed E-state index contributed by atoms with van der Waals surface area (Å²) in [6.45, 7) is 2.29. The average molecular weight is 333 g/mol. The van der Waals surface area contributed by atoms with E-state index in [1.54, 1.807) is 18.2 Å². The van der Waals surface area contributed by atoms with Gasteiger partial charge in [-0.1, -0.05) is 31.9 Å². The maximum absolute atomic E-state index is 12.1. The number of amides is 2. The fraction of sp³-hybridized carbons (Fsp3) is 0.529. The first-order chi connectivity index (χ1) is 11.1. The van der Waals surface area contributed by atoms with Gasteiger partial charge in [0.1, 0.15) is 0 Å². The van der Waals surface area contributed by atoms with Gasteiger partial charge in [-0.3, -0.25) is 4.21 Å². The molecule has 124 valence electrons. The molecule has 23 heavy (non-hydrogen) atoms. The highest BCUT2D eigenvalue weighted by Crippen LogP contribution is 2.23. The minimum atomic E-state index is -0.883. The molecule has 2 amide bonds. The van der Waals surface area contributed by atoms with Crippen LogP contribution in [-0.4, -0.2) is 27.3 Å². The van der Waals surface area contributed by atoms with Crippen LogP contribution in [0.25, 0.3) is 0 Å². The molecule has 0 aliphatic heterocycles. The molecule has 3 atom stereocenters. The molecule has 2 N–H and O–H groups in total. The lowest BCUT2D eigenvalue weighted by Crippen LogP contribution is -2.50. The lowest BCUT2D eigenvalue weighted by Gasteiger charge is -2.31. The first-order valence-corrected chi connectivity index (χ1v) is 9.42. The summed E-state index contributed by atoms with van der Waals surface area (Å²) >= 11 is 0. The van der Waals surface area contributed by atoms with E-state index in [0.717, 1.165) is 31.2 Å². The van der Waals surface area contributed by atoms with Gasteiger partial charge in [0.2, 0.25) is 0 Å². The second-order valence-corrected chi connectivity index (χ2v) is 7.68. The van der Waals surface area contributed by atoms with Crippen molar-refractivity contribution >= 4 is 16.8 Å². The molecule has 0 heterocycles. The van der Waals surface area contributed by atoms with E-state index in [0.29, 0.717) is 17.9 Å². The average Bonchev–Trinajstić information content (AvgIpc) is 2.60. The number of nitriles is 1. The summed E-state index contributed by atoms with van der Waals surface area (Å²) in [5.74, 6) is 0.630. The zero-order chi connectivity index (χ0) is 16.7. The summed E-state index contributed by atoms with van der Waals surface area (Å²) in [6, 6.07) is 8.99. The predicted octanol–water partition coefficient (Wildman–Crippen LogP) is 2.44. The SMILES string of the molecule is CC[S@](=O)[C@@H]1CCCC[C@H]1NC(=O)NCc1cccc(C#N)c1. The van der Waals surface area contributed by atoms with Crippen LogP contribution >= 0.6 is 0 Å². The number of nitrogens with one attached hydrogen (secondary N) is 2. The fourth-order valence-electron chi connectivity index (χ4n) is 2.94. The third kappa shape index (κ3) is 5.07. The van der Waals surface area contributed by atoms with E-state index in [4.69, 9.17) is 5.26 Å². The van der Waals surface area contributed by atoms with Gasteiger partial charge in [0, 0.05) is 29.1 Å². The van der Waals surface area contributed by atoms with Gasteiger partial charge in [-0.25, -0.2) is 4.79 Å². The van der Waals surface area contributed by atoms with Gasteiger partial charge in [0.15, 0.2) is 0 Å². The summed E-state index contributed by atoms with van der Waals surface area (Å²) in [6.07, 6.45) is 3.94. The van der Waals surface area contributed by atoms with Crippen molar-refractivity contribution in [3.8, 4) is 6.07 Å². The van der Waals surface area contributed by atoms with Crippen molar-refractivity contribution < 1.29 is 9.00 Å². The Balaban J connectivity index is 1.88. The highest BCUT2D eigenvalue weighted by atomic mass is 32.2. The number of urea groups is 1. The van der Waals surface area contributed by atoms with Crippen LogP contribution < -0.4 is 10.6 Å². The molecule has 1 aromatic rings. The van der Waals surface area contributed by atoms with Crippen molar-refractivity contribution in [3.05, 3.63) is 35.4 Å². The van der Waals surface area contributed by atoms with E-state index in [1.165, 1.54) is 0 Å². The topological polar surface area (TPSA) is 82.0 Å². The van der Waals surface area contributed by atoms with Crippen molar-refractivity contribution in [1.29, 1.82) is 5.26 Å². The predicted molar refractivity (Wildman–Crippen MR) is 91.3 cm³/mol. The lowest BCUT2D eigenvalue weighted by atomic mass is 9.95. The molecule has 0 bridgehead atoms. The Labute approximate surface area is 139 Å². The van der Waals surface area contributed by atoms with Crippen molar-refractivity contribution in [2.75, 3.05) is 5.75 Å². The van der Waals surface area contributed by atoms with E-state index < -0.39 is 10.8 Å². The molecule has 1 aromatic carbocycles. The molecule has 0 saturated heterocycles. The van der Waals surface area contributed by atoms with Crippen molar-refractivity contribution in [2.45, 2.75) is 50.4 Å². The normalized spacial score (nSPS) is 21.9. The van der Waals surface area contributed by atoms with Crippen LogP contribution in [0.2, 0.25) is 0 Å². The van der Waals surface area contributed by atoms with Gasteiger partial charge in [0.05, 0.1) is 16.9 Å². The second-order valence-electron chi connectivity index (χ2n) is 5.74. The minimum absolute atomic E-state index is 0.0185. The second kappa shape index (κ2) is 8.68. The summed E-state index contributed by atoms with van der Waals surface area (Å²) in [7, 11) is -0.883. The van der Waals surface area contributed by atoms with Crippen molar-refractivity contribution in [3.63, 3.8) is 0 Å². The number of rotatable bonds is 5. The molecule has 1 aliphatic rings. The summed E-state index contributed by atoms with van der Waals surface area (Å²) in [5, 5.41) is 14.7. The Bertz CT molecular complexity index is 612. The smallest absolute Gasteiger partial charge is 0.315 e. The van der Waals surface area contributed by atoms with E-state index >= 15 is 0 Å². The van der Waals surface area contributed by atoms with Gasteiger partial charge < -0.3 is 10.6 Å². The van der Waals surface area contributed by atoms with Crippen molar-refractivity contribution in [2.24, 2.45) is 0 Å². The Morgan fingerprint density at radius 2 is 2.17 bits per heavy atom. The van der Waals surface area contributed by atoms with Crippen LogP contribution in [0.4, 0.5) is 4.79 Å². The molecule has 2 rings (SSSR count). The third-order valence-corrected chi connectivity index (χ3v) is 5.96. The molecular formula is C17H23N3O2S. The van der Waals surface area contributed by atoms with Crippen LogP contribution in [0, 0.1) is 11.3 Å². The first-order valence-electron chi connectivity index (χ1n) is 8.04. The van der Waals surface area contributed by atoms with Crippen LogP contribution in [0.15, 0.2) is 24.3 Å². The largest absolute Gasteiger partial charge is 0.334 e. The number of hydrogen-bond donors (Lipinski definition) is 2. The summed E-state index contributed by atoms with van der Waals surface area (Å²) in [5.41, 5.74) is 1.46. The zero-order valence-corrected chi connectivity index (χ0v) is 14.2. The molecule has 1 aliphatic carbocycles. The molecule has 0 unspecified atom stereocenters. The van der Waals surface area contributed by atoms with E-state index in [-0.39, 0.29) is 17.3 Å². The first kappa shape index (κ1) is 17.5. The van der Waals surface area contributed by atoms with Gasteiger partial charge in [-0.2, -0.15) is 5.26 Å². The quantitative estimate of drug-likeness (QED) is 0.868. The highest BCUT2D eigenvalue weighted by Gasteiger charge is 2.30. The molecule has 5 nitrogen and oxygen atoms in total. The Morgan fingerprint density at radius 1 is 1.39 bits per heavy atom. The van der Waals surface area contributed by atoms with Gasteiger partial charge in [-0.05, 0) is 30.5 Å². The molecule has 1 saturated carbocycles. The van der Waals surface area contributed by atoms with Gasteiger partial charge in [-0.15, -0.1) is 0 Å². The van der Waals surface area contributed by atoms with Crippen LogP contribution in [0.3, 0.4) is 0 Å². The third-order valence-electron chi connectivity index (χ3n) is 4.15. The summed E-state index contributed by atoms with van der Waals surface area (Å²) < 4.78 is 12.1. The number of benzene rings is 1. The standard InChI is InChI=1S/C17H23N3O2S/c1-2-23(22)16-9-4-3-8-15(16)20-17(21)19-12-14-7-5-6-13(10-14)11-18/h5-7,10,15-16H,2-4,8-9,12H2,1H3,(H2,19,20,21)/t15-,16-,23+/m1/s1. The van der Waals surface area contributed by atoms with Gasteiger partial charge >= 0.3 is 6.03 Å². The number of nitrogens with zero attached hydrogens (tertiary/aromatic N) is 1. The van der Waals surface area contributed by atoms with Gasteiger partial charge in [0.25, 0.3) is 0 Å². The minimum Gasteiger partial charge on any atom is -0.334 e. The zero-order valence-electron chi connectivity index (χ0n) is 13.4. The molecule has 0 spiro atoms. The highest BCUT2D eigenvalue weighted by molar-refractivity contribution is 7.85. The Kier molecular flexibility index (Phi) is 6.60. The summed E-state index contributed by atoms with van der Waals surface area (Å²) in [4.78, 5) is 12.1. The number of carbonyl (C=O) groups is 1. The van der Waals surface area contributed by atoms with E-state index in [2.05, 4.69) is 16.7 Å². The molecular weight excluding hydrogens is 310 g/mol. The molecule has 0 radical (unpaired) electrons. The van der Waals surface area contributed by atoms with E-state index in [9.17, 15) is 9.00 Å². The van der Waals surface area contributed by atoms with Crippen LogP contribution in [0.1, 0.15) is 43.7 Å². The molecule has 6 heteroatoms. The number of hydrogen-bond acceptors (Lipinski definition) is 3. The Hall–Kier alpha value is -1.87. The van der Waals surface area contributed by atoms with Crippen molar-refractivity contribution in [1.82, 2.24) is 10.6 Å². The maximum atomic E-state index is 12.1. The Morgan fingerprint density at radius 3 is 2.91 bits per heavy atom. The lowest BCUT2D eigenvalue weighted by molar-refractivity contribution is 0.232. The molecule has 1 fully saturated rings. The fourth-order valence-corrected chi connectivity index (χ4v) is 4.37. The van der Waals surface area contributed by atoms with E-state index in [1.807, 2.05) is 13.0 Å². The van der Waals surface area contributed by atoms with Crippen LogP contribution in [-0.2, 0) is 17.3 Å². The monoisotopic (exact) mass is 333 g/mol. The van der Waals surface area contributed by atoms with Crippen LogP contribution in [0.5, 0.6) is 0 Å². The molecule has 0 aromatic heterocycles.